The summed E-state index contributed by atoms with van der Waals surface area (Å²) in [5, 5.41) is 2.89. The SMILES string of the molecule is Cc1ccc(NC(=O)[C@@H](C)n2cnc3c2c(=O)n(C)c(=O)n3C)c(C)c1. The second-order valence-corrected chi connectivity index (χ2v) is 6.51. The van der Waals surface area contributed by atoms with Gasteiger partial charge < -0.3 is 9.88 Å². The fourth-order valence-electron chi connectivity index (χ4n) is 2.98. The minimum atomic E-state index is -0.675. The number of anilines is 1. The van der Waals surface area contributed by atoms with E-state index >= 15 is 0 Å². The van der Waals surface area contributed by atoms with Crippen molar-refractivity contribution < 1.29 is 4.79 Å². The van der Waals surface area contributed by atoms with Crippen LogP contribution in [-0.2, 0) is 18.9 Å². The van der Waals surface area contributed by atoms with E-state index in [2.05, 4.69) is 10.3 Å². The average Bonchev–Trinajstić information content (AvgIpc) is 3.04. The number of benzene rings is 1. The van der Waals surface area contributed by atoms with Gasteiger partial charge in [-0.1, -0.05) is 17.7 Å². The van der Waals surface area contributed by atoms with Crippen LogP contribution >= 0.6 is 0 Å². The van der Waals surface area contributed by atoms with Gasteiger partial charge in [-0.25, -0.2) is 9.78 Å². The second-order valence-electron chi connectivity index (χ2n) is 6.51. The average molecular weight is 355 g/mol. The number of fused-ring (bicyclic) bond motifs is 1. The molecule has 8 heteroatoms. The zero-order chi connectivity index (χ0) is 19.2. The van der Waals surface area contributed by atoms with Crippen LogP contribution in [0, 0.1) is 13.8 Å². The number of rotatable bonds is 3. The summed E-state index contributed by atoms with van der Waals surface area (Å²) < 4.78 is 3.80. The van der Waals surface area contributed by atoms with Gasteiger partial charge in [0.05, 0.1) is 6.33 Å². The van der Waals surface area contributed by atoms with Crippen LogP contribution < -0.4 is 16.6 Å². The molecular weight excluding hydrogens is 334 g/mol. The first-order valence-electron chi connectivity index (χ1n) is 8.23. The minimum Gasteiger partial charge on any atom is -0.324 e. The molecule has 26 heavy (non-hydrogen) atoms. The summed E-state index contributed by atoms with van der Waals surface area (Å²) in [4.78, 5) is 41.4. The highest BCUT2D eigenvalue weighted by Gasteiger charge is 2.22. The van der Waals surface area contributed by atoms with Crippen LogP contribution in [0.4, 0.5) is 5.69 Å². The van der Waals surface area contributed by atoms with E-state index in [4.69, 9.17) is 0 Å². The summed E-state index contributed by atoms with van der Waals surface area (Å²) in [6.07, 6.45) is 1.41. The van der Waals surface area contributed by atoms with Gasteiger partial charge in [-0.15, -0.1) is 0 Å². The molecule has 2 aromatic heterocycles. The zero-order valence-electron chi connectivity index (χ0n) is 15.4. The number of carbonyl (C=O) groups excluding carboxylic acids is 1. The summed E-state index contributed by atoms with van der Waals surface area (Å²) in [6, 6.07) is 5.08. The highest BCUT2D eigenvalue weighted by molar-refractivity contribution is 5.95. The Bertz CT molecular complexity index is 1140. The molecule has 0 radical (unpaired) electrons. The zero-order valence-corrected chi connectivity index (χ0v) is 15.4. The first-order valence-corrected chi connectivity index (χ1v) is 8.23. The van der Waals surface area contributed by atoms with Gasteiger partial charge in [-0.2, -0.15) is 0 Å². The third-order valence-corrected chi connectivity index (χ3v) is 4.61. The van der Waals surface area contributed by atoms with E-state index in [1.54, 1.807) is 14.0 Å². The molecule has 1 N–H and O–H groups in total. The molecule has 0 unspecified atom stereocenters. The van der Waals surface area contributed by atoms with Crippen LogP contribution in [0.15, 0.2) is 34.1 Å². The smallest absolute Gasteiger partial charge is 0.324 e. The second kappa shape index (κ2) is 6.29. The standard InChI is InChI=1S/C18H21N5O3/c1-10-6-7-13(11(2)8-10)20-16(24)12(3)23-9-19-15-14(23)17(25)22(5)18(26)21(15)4/h6-9,12H,1-5H3,(H,20,24)/t12-/m1/s1. The normalized spacial score (nSPS) is 12.3. The number of imidazole rings is 1. The van der Waals surface area contributed by atoms with E-state index in [1.165, 1.54) is 22.5 Å². The third-order valence-electron chi connectivity index (χ3n) is 4.61. The highest BCUT2D eigenvalue weighted by atomic mass is 16.2. The molecule has 0 aliphatic rings. The summed E-state index contributed by atoms with van der Waals surface area (Å²) in [5.74, 6) is -0.271. The summed E-state index contributed by atoms with van der Waals surface area (Å²) in [6.45, 7) is 5.59. The molecule has 0 fully saturated rings. The van der Waals surface area contributed by atoms with Crippen LogP contribution in [0.25, 0.3) is 11.2 Å². The molecule has 0 saturated heterocycles. The van der Waals surface area contributed by atoms with Gasteiger partial charge in [0.25, 0.3) is 5.56 Å². The maximum absolute atomic E-state index is 12.7. The van der Waals surface area contributed by atoms with Crippen molar-refractivity contribution in [3.8, 4) is 0 Å². The number of aromatic nitrogens is 4. The predicted octanol–water partition coefficient (Wildman–Crippen LogP) is 1.25. The van der Waals surface area contributed by atoms with E-state index in [0.29, 0.717) is 0 Å². The van der Waals surface area contributed by atoms with E-state index < -0.39 is 17.3 Å². The fraction of sp³-hybridized carbons (Fsp3) is 0.333. The van der Waals surface area contributed by atoms with Crippen LogP contribution in [0.2, 0.25) is 0 Å². The molecule has 3 aromatic rings. The molecule has 136 valence electrons. The molecule has 0 saturated carbocycles. The molecule has 0 aliphatic heterocycles. The maximum Gasteiger partial charge on any atom is 0.332 e. The number of amides is 1. The molecule has 1 atom stereocenters. The molecular formula is C18H21N5O3. The Morgan fingerprint density at radius 2 is 1.85 bits per heavy atom. The van der Waals surface area contributed by atoms with Crippen LogP contribution in [0.1, 0.15) is 24.1 Å². The van der Waals surface area contributed by atoms with Gasteiger partial charge in [0, 0.05) is 19.8 Å². The molecule has 0 spiro atoms. The number of aryl methyl sites for hydroxylation is 3. The van der Waals surface area contributed by atoms with E-state index in [0.717, 1.165) is 21.4 Å². The Labute approximate surface area is 149 Å². The van der Waals surface area contributed by atoms with Crippen molar-refractivity contribution in [2.75, 3.05) is 5.32 Å². The monoisotopic (exact) mass is 355 g/mol. The molecule has 2 heterocycles. The molecule has 1 aromatic carbocycles. The molecule has 8 nitrogen and oxygen atoms in total. The lowest BCUT2D eigenvalue weighted by Crippen LogP contribution is -2.38. The van der Waals surface area contributed by atoms with E-state index in [9.17, 15) is 14.4 Å². The Balaban J connectivity index is 2.02. The van der Waals surface area contributed by atoms with Gasteiger partial charge in [0.2, 0.25) is 5.91 Å². The van der Waals surface area contributed by atoms with Gasteiger partial charge >= 0.3 is 5.69 Å². The minimum absolute atomic E-state index is 0.220. The lowest BCUT2D eigenvalue weighted by Gasteiger charge is -2.16. The Morgan fingerprint density at radius 1 is 1.15 bits per heavy atom. The number of nitrogens with one attached hydrogen (secondary N) is 1. The molecule has 3 rings (SSSR count). The number of carbonyl (C=O) groups is 1. The maximum atomic E-state index is 12.7. The van der Waals surface area contributed by atoms with Crippen molar-refractivity contribution in [1.29, 1.82) is 0 Å². The van der Waals surface area contributed by atoms with Gasteiger partial charge in [-0.05, 0) is 32.4 Å². The van der Waals surface area contributed by atoms with E-state index in [-0.39, 0.29) is 17.1 Å². The molecule has 1 amide bonds. The number of hydrogen-bond donors (Lipinski definition) is 1. The Kier molecular flexibility index (Phi) is 4.27. The Morgan fingerprint density at radius 3 is 2.50 bits per heavy atom. The van der Waals surface area contributed by atoms with Crippen molar-refractivity contribution >= 4 is 22.8 Å². The quantitative estimate of drug-likeness (QED) is 0.765. The molecule has 0 aliphatic carbocycles. The van der Waals surface area contributed by atoms with Crippen molar-refractivity contribution in [2.24, 2.45) is 14.1 Å². The summed E-state index contributed by atoms with van der Waals surface area (Å²) in [7, 11) is 2.95. The number of hydrogen-bond acceptors (Lipinski definition) is 4. The first-order chi connectivity index (χ1) is 12.2. The van der Waals surface area contributed by atoms with Crippen LogP contribution in [0.3, 0.4) is 0 Å². The summed E-state index contributed by atoms with van der Waals surface area (Å²) >= 11 is 0. The lowest BCUT2D eigenvalue weighted by atomic mass is 10.1. The fourth-order valence-corrected chi connectivity index (χ4v) is 2.98. The van der Waals surface area contributed by atoms with E-state index in [1.807, 2.05) is 32.0 Å². The van der Waals surface area contributed by atoms with Crippen molar-refractivity contribution in [2.45, 2.75) is 26.8 Å². The third kappa shape index (κ3) is 2.73. The highest BCUT2D eigenvalue weighted by Crippen LogP contribution is 2.19. The van der Waals surface area contributed by atoms with Gasteiger partial charge in [0.15, 0.2) is 11.2 Å². The topological polar surface area (TPSA) is 90.9 Å². The van der Waals surface area contributed by atoms with Crippen molar-refractivity contribution in [3.05, 3.63) is 56.5 Å². The van der Waals surface area contributed by atoms with Crippen LogP contribution in [-0.4, -0.2) is 24.6 Å². The van der Waals surface area contributed by atoms with Crippen molar-refractivity contribution in [3.63, 3.8) is 0 Å². The first kappa shape index (κ1) is 17.7. The summed E-state index contributed by atoms with van der Waals surface area (Å²) in [5.41, 5.74) is 2.32. The van der Waals surface area contributed by atoms with Gasteiger partial charge in [0.1, 0.15) is 6.04 Å². The van der Waals surface area contributed by atoms with Crippen LogP contribution in [0.5, 0.6) is 0 Å². The largest absolute Gasteiger partial charge is 0.332 e. The number of nitrogens with zero attached hydrogens (tertiary/aromatic N) is 4. The molecule has 0 bridgehead atoms. The van der Waals surface area contributed by atoms with Crippen molar-refractivity contribution in [1.82, 2.24) is 18.7 Å². The predicted molar refractivity (Wildman–Crippen MR) is 99.5 cm³/mol. The van der Waals surface area contributed by atoms with Gasteiger partial charge in [-0.3, -0.25) is 18.7 Å². The Hall–Kier alpha value is -3.16. The lowest BCUT2D eigenvalue weighted by molar-refractivity contribution is -0.118.